The molecule has 1 aromatic carbocycles. The largest absolute Gasteiger partial charge is 0.322 e. The van der Waals surface area contributed by atoms with Crippen LogP contribution in [0.2, 0.25) is 0 Å². The van der Waals surface area contributed by atoms with E-state index in [1.54, 1.807) is 4.90 Å². The molecule has 4 heterocycles. The Bertz CT molecular complexity index is 890. The number of hydrogen-bond acceptors (Lipinski definition) is 6. The van der Waals surface area contributed by atoms with Crippen molar-refractivity contribution in [3.8, 4) is 0 Å². The number of benzene rings is 1. The summed E-state index contributed by atoms with van der Waals surface area (Å²) in [4.78, 5) is 43.4. The molecular formula is C24H33N5O3. The van der Waals surface area contributed by atoms with E-state index in [0.717, 1.165) is 70.8 Å². The molecular weight excluding hydrogens is 406 g/mol. The Hall–Kier alpha value is -2.29. The fourth-order valence-corrected chi connectivity index (χ4v) is 5.56. The van der Waals surface area contributed by atoms with Gasteiger partial charge in [-0.15, -0.1) is 0 Å². The molecule has 0 spiro atoms. The summed E-state index contributed by atoms with van der Waals surface area (Å²) in [7, 11) is 0. The summed E-state index contributed by atoms with van der Waals surface area (Å²) in [5.41, 5.74) is 3.02. The Kier molecular flexibility index (Phi) is 6.26. The standard InChI is InChI=1S/C24H33N5O3/c30-22-4-3-21(23(31)26-22)29-16-19-15-18(1-2-20(19)24(29)32)17-5-9-27(10-6-17)13-14-28-11-7-25-8-12-28/h1-2,15,17,21,25H,3-14,16H2,(H,26,30,31). The van der Waals surface area contributed by atoms with Crippen LogP contribution in [0.5, 0.6) is 0 Å². The van der Waals surface area contributed by atoms with E-state index >= 15 is 0 Å². The van der Waals surface area contributed by atoms with Gasteiger partial charge in [0.05, 0.1) is 0 Å². The first-order valence-corrected chi connectivity index (χ1v) is 12.0. The van der Waals surface area contributed by atoms with Crippen molar-refractivity contribution in [1.29, 1.82) is 0 Å². The molecule has 172 valence electrons. The second kappa shape index (κ2) is 9.29. The second-order valence-electron chi connectivity index (χ2n) is 9.52. The predicted octanol–water partition coefficient (Wildman–Crippen LogP) is 0.532. The minimum atomic E-state index is -0.546. The summed E-state index contributed by atoms with van der Waals surface area (Å²) in [5, 5.41) is 5.78. The highest BCUT2D eigenvalue weighted by Gasteiger charge is 2.39. The minimum Gasteiger partial charge on any atom is -0.322 e. The van der Waals surface area contributed by atoms with Gasteiger partial charge in [0.25, 0.3) is 5.91 Å². The summed E-state index contributed by atoms with van der Waals surface area (Å²) >= 11 is 0. The number of rotatable bonds is 5. The molecule has 1 unspecified atom stereocenters. The van der Waals surface area contributed by atoms with Gasteiger partial charge in [0, 0.05) is 57.8 Å². The van der Waals surface area contributed by atoms with Gasteiger partial charge in [0.15, 0.2) is 0 Å². The number of amides is 3. The van der Waals surface area contributed by atoms with Gasteiger partial charge < -0.3 is 15.1 Å². The monoisotopic (exact) mass is 439 g/mol. The fraction of sp³-hybridized carbons (Fsp3) is 0.625. The van der Waals surface area contributed by atoms with Crippen LogP contribution < -0.4 is 10.6 Å². The molecule has 2 N–H and O–H groups in total. The van der Waals surface area contributed by atoms with E-state index < -0.39 is 6.04 Å². The molecule has 4 aliphatic rings. The van der Waals surface area contributed by atoms with Gasteiger partial charge in [-0.3, -0.25) is 24.6 Å². The van der Waals surface area contributed by atoms with Gasteiger partial charge in [-0.05, 0) is 55.5 Å². The van der Waals surface area contributed by atoms with Gasteiger partial charge >= 0.3 is 0 Å². The van der Waals surface area contributed by atoms with Crippen molar-refractivity contribution in [1.82, 2.24) is 25.3 Å². The molecule has 32 heavy (non-hydrogen) atoms. The van der Waals surface area contributed by atoms with E-state index in [2.05, 4.69) is 32.6 Å². The van der Waals surface area contributed by atoms with E-state index in [1.807, 2.05) is 6.07 Å². The average Bonchev–Trinajstić information content (AvgIpc) is 3.14. The summed E-state index contributed by atoms with van der Waals surface area (Å²) in [6.07, 6.45) is 2.98. The smallest absolute Gasteiger partial charge is 0.255 e. The third-order valence-corrected chi connectivity index (χ3v) is 7.55. The normalized spacial score (nSPS) is 25.8. The Morgan fingerprint density at radius 1 is 0.906 bits per heavy atom. The molecule has 0 saturated carbocycles. The third kappa shape index (κ3) is 4.44. The molecule has 3 fully saturated rings. The molecule has 3 amide bonds. The van der Waals surface area contributed by atoms with Crippen LogP contribution in [0.15, 0.2) is 18.2 Å². The predicted molar refractivity (Wildman–Crippen MR) is 120 cm³/mol. The maximum atomic E-state index is 12.9. The number of carbonyl (C=O) groups excluding carboxylic acids is 3. The number of carbonyl (C=O) groups is 3. The highest BCUT2D eigenvalue weighted by Crippen LogP contribution is 2.33. The molecule has 5 rings (SSSR count). The average molecular weight is 440 g/mol. The van der Waals surface area contributed by atoms with E-state index in [1.165, 1.54) is 5.56 Å². The van der Waals surface area contributed by atoms with Crippen molar-refractivity contribution >= 4 is 17.7 Å². The molecule has 8 heteroatoms. The van der Waals surface area contributed by atoms with Crippen molar-refractivity contribution in [2.24, 2.45) is 0 Å². The quantitative estimate of drug-likeness (QED) is 0.652. The Labute approximate surface area is 189 Å². The molecule has 3 saturated heterocycles. The lowest BCUT2D eigenvalue weighted by Gasteiger charge is -2.35. The van der Waals surface area contributed by atoms with Crippen LogP contribution in [0.4, 0.5) is 0 Å². The second-order valence-corrected chi connectivity index (χ2v) is 9.52. The Morgan fingerprint density at radius 3 is 2.34 bits per heavy atom. The topological polar surface area (TPSA) is 85.0 Å². The number of nitrogens with one attached hydrogen (secondary N) is 2. The summed E-state index contributed by atoms with van der Waals surface area (Å²) < 4.78 is 0. The minimum absolute atomic E-state index is 0.0937. The number of imide groups is 1. The molecule has 0 bridgehead atoms. The fourth-order valence-electron chi connectivity index (χ4n) is 5.56. The Balaban J connectivity index is 1.17. The van der Waals surface area contributed by atoms with Gasteiger partial charge in [0.1, 0.15) is 6.04 Å². The molecule has 4 aliphatic heterocycles. The van der Waals surface area contributed by atoms with Crippen LogP contribution in [0.3, 0.4) is 0 Å². The molecule has 0 aliphatic carbocycles. The van der Waals surface area contributed by atoms with E-state index in [9.17, 15) is 14.4 Å². The lowest BCUT2D eigenvalue weighted by atomic mass is 9.88. The molecule has 1 atom stereocenters. The lowest BCUT2D eigenvalue weighted by molar-refractivity contribution is -0.136. The zero-order valence-electron chi connectivity index (χ0n) is 18.6. The number of fused-ring (bicyclic) bond motifs is 1. The number of piperazine rings is 1. The lowest BCUT2D eigenvalue weighted by Crippen LogP contribution is -2.52. The molecule has 0 aromatic heterocycles. The highest BCUT2D eigenvalue weighted by molar-refractivity contribution is 6.05. The summed E-state index contributed by atoms with van der Waals surface area (Å²) in [5.74, 6) is -0.174. The molecule has 0 radical (unpaired) electrons. The van der Waals surface area contributed by atoms with Crippen LogP contribution in [0.25, 0.3) is 0 Å². The maximum absolute atomic E-state index is 12.9. The first-order valence-electron chi connectivity index (χ1n) is 12.0. The zero-order valence-corrected chi connectivity index (χ0v) is 18.6. The van der Waals surface area contributed by atoms with Gasteiger partial charge in [0.2, 0.25) is 11.8 Å². The first kappa shape index (κ1) is 21.6. The molecule has 1 aromatic rings. The number of piperidine rings is 2. The van der Waals surface area contributed by atoms with Gasteiger partial charge in [-0.1, -0.05) is 12.1 Å². The van der Waals surface area contributed by atoms with E-state index in [4.69, 9.17) is 0 Å². The van der Waals surface area contributed by atoms with Crippen LogP contribution in [0.1, 0.15) is 53.1 Å². The van der Waals surface area contributed by atoms with E-state index in [0.29, 0.717) is 24.4 Å². The van der Waals surface area contributed by atoms with Crippen molar-refractivity contribution in [3.05, 3.63) is 34.9 Å². The number of likely N-dealkylation sites (tertiary alicyclic amines) is 1. The number of hydrogen-bond donors (Lipinski definition) is 2. The van der Waals surface area contributed by atoms with Crippen molar-refractivity contribution in [2.75, 3.05) is 52.4 Å². The number of nitrogens with zero attached hydrogens (tertiary/aromatic N) is 3. The van der Waals surface area contributed by atoms with Crippen molar-refractivity contribution in [3.63, 3.8) is 0 Å². The van der Waals surface area contributed by atoms with Crippen LogP contribution >= 0.6 is 0 Å². The van der Waals surface area contributed by atoms with Gasteiger partial charge in [-0.25, -0.2) is 0 Å². The zero-order chi connectivity index (χ0) is 22.1. The molecule has 8 nitrogen and oxygen atoms in total. The SMILES string of the molecule is O=C1CCC(N2Cc3cc(C4CCN(CCN5CCNCC5)CC4)ccc3C2=O)C(=O)N1. The van der Waals surface area contributed by atoms with Crippen LogP contribution in [-0.2, 0) is 16.1 Å². The van der Waals surface area contributed by atoms with Crippen molar-refractivity contribution < 1.29 is 14.4 Å². The van der Waals surface area contributed by atoms with Crippen molar-refractivity contribution in [2.45, 2.75) is 44.2 Å². The van der Waals surface area contributed by atoms with E-state index in [-0.39, 0.29) is 24.1 Å². The third-order valence-electron chi connectivity index (χ3n) is 7.55. The van der Waals surface area contributed by atoms with Gasteiger partial charge in [-0.2, -0.15) is 0 Å². The highest BCUT2D eigenvalue weighted by atomic mass is 16.2. The summed E-state index contributed by atoms with van der Waals surface area (Å²) in [6, 6.07) is 5.68. The van der Waals surface area contributed by atoms with Crippen LogP contribution in [-0.4, -0.2) is 90.8 Å². The first-order chi connectivity index (χ1) is 15.6. The summed E-state index contributed by atoms with van der Waals surface area (Å²) in [6.45, 7) is 9.51. The Morgan fingerprint density at radius 2 is 1.62 bits per heavy atom. The maximum Gasteiger partial charge on any atom is 0.255 e. The van der Waals surface area contributed by atoms with Crippen LogP contribution in [0, 0.1) is 0 Å².